The lowest BCUT2D eigenvalue weighted by molar-refractivity contribution is -0.174. The summed E-state index contributed by atoms with van der Waals surface area (Å²) < 4.78 is 31.8. The number of hydrogen-bond donors (Lipinski definition) is 0. The zero-order valence-electron chi connectivity index (χ0n) is 13.2. The van der Waals surface area contributed by atoms with Gasteiger partial charge in [0.15, 0.2) is 5.76 Å². The molecule has 1 atom stereocenters. The highest BCUT2D eigenvalue weighted by molar-refractivity contribution is 7.89. The molecule has 0 aliphatic carbocycles. The standard InChI is InChI=1S/C13H21N3O5S/c1-9-12(10(2)21-14-9)22(18,19)16-7-5-6-11(8-16)13(17)15(3)20-4/h11H,5-8H2,1-4H3. The minimum absolute atomic E-state index is 0.0979. The van der Waals surface area contributed by atoms with Gasteiger partial charge in [-0.2, -0.15) is 4.31 Å². The lowest BCUT2D eigenvalue weighted by Gasteiger charge is -2.32. The molecular weight excluding hydrogens is 310 g/mol. The van der Waals surface area contributed by atoms with Crippen LogP contribution in [0.2, 0.25) is 0 Å². The first-order valence-electron chi connectivity index (χ1n) is 7.03. The van der Waals surface area contributed by atoms with Crippen LogP contribution >= 0.6 is 0 Å². The molecule has 0 N–H and O–H groups in total. The van der Waals surface area contributed by atoms with Gasteiger partial charge in [0.1, 0.15) is 10.6 Å². The molecule has 1 fully saturated rings. The number of aryl methyl sites for hydroxylation is 2. The first-order chi connectivity index (χ1) is 10.3. The van der Waals surface area contributed by atoms with E-state index in [-0.39, 0.29) is 23.1 Å². The molecule has 1 aliphatic rings. The fourth-order valence-corrected chi connectivity index (χ4v) is 4.50. The van der Waals surface area contributed by atoms with E-state index in [1.165, 1.54) is 18.5 Å². The molecule has 8 nitrogen and oxygen atoms in total. The SMILES string of the molecule is CON(C)C(=O)C1CCCN(S(=O)(=O)c2c(C)noc2C)C1. The monoisotopic (exact) mass is 331 g/mol. The Hall–Kier alpha value is -1.45. The Balaban J connectivity index is 2.24. The maximum Gasteiger partial charge on any atom is 0.250 e. The van der Waals surface area contributed by atoms with Crippen LogP contribution in [0.3, 0.4) is 0 Å². The Morgan fingerprint density at radius 1 is 1.45 bits per heavy atom. The van der Waals surface area contributed by atoms with E-state index in [1.807, 2.05) is 0 Å². The number of aromatic nitrogens is 1. The van der Waals surface area contributed by atoms with Gasteiger partial charge in [-0.25, -0.2) is 13.5 Å². The van der Waals surface area contributed by atoms with Crippen molar-refractivity contribution in [1.29, 1.82) is 0 Å². The van der Waals surface area contributed by atoms with Gasteiger partial charge in [-0.05, 0) is 26.7 Å². The molecule has 1 aliphatic heterocycles. The van der Waals surface area contributed by atoms with Crippen LogP contribution < -0.4 is 0 Å². The van der Waals surface area contributed by atoms with Crippen molar-refractivity contribution in [3.05, 3.63) is 11.5 Å². The number of carbonyl (C=O) groups is 1. The van der Waals surface area contributed by atoms with E-state index >= 15 is 0 Å². The van der Waals surface area contributed by atoms with Gasteiger partial charge in [-0.1, -0.05) is 5.16 Å². The topological polar surface area (TPSA) is 93.0 Å². The van der Waals surface area contributed by atoms with Crippen molar-refractivity contribution in [2.45, 2.75) is 31.6 Å². The first kappa shape index (κ1) is 16.9. The zero-order chi connectivity index (χ0) is 16.5. The van der Waals surface area contributed by atoms with Crippen LogP contribution in [0, 0.1) is 19.8 Å². The van der Waals surface area contributed by atoms with Crippen molar-refractivity contribution >= 4 is 15.9 Å². The summed E-state index contributed by atoms with van der Waals surface area (Å²) in [6.45, 7) is 3.68. The summed E-state index contributed by atoms with van der Waals surface area (Å²) in [6, 6.07) is 0. The molecule has 1 saturated heterocycles. The Bertz CT molecular complexity index is 635. The van der Waals surface area contributed by atoms with Crippen molar-refractivity contribution in [1.82, 2.24) is 14.5 Å². The van der Waals surface area contributed by atoms with Crippen LogP contribution in [0.4, 0.5) is 0 Å². The van der Waals surface area contributed by atoms with Crippen LogP contribution in [0.1, 0.15) is 24.3 Å². The summed E-state index contributed by atoms with van der Waals surface area (Å²) in [7, 11) is -0.794. The van der Waals surface area contributed by atoms with E-state index < -0.39 is 15.9 Å². The Kier molecular flexibility index (Phi) is 4.88. The largest absolute Gasteiger partial charge is 0.360 e. The lowest BCUT2D eigenvalue weighted by Crippen LogP contribution is -2.45. The molecule has 2 rings (SSSR count). The molecule has 1 amide bonds. The summed E-state index contributed by atoms with van der Waals surface area (Å²) in [6.07, 6.45) is 1.26. The van der Waals surface area contributed by atoms with Crippen LogP contribution in [0.15, 0.2) is 9.42 Å². The molecule has 1 aromatic heterocycles. The average molecular weight is 331 g/mol. The number of rotatable bonds is 4. The van der Waals surface area contributed by atoms with Crippen molar-refractivity contribution < 1.29 is 22.6 Å². The molecule has 9 heteroatoms. The van der Waals surface area contributed by atoms with Crippen LogP contribution in [-0.4, -0.2) is 56.1 Å². The predicted molar refractivity (Wildman–Crippen MR) is 77.2 cm³/mol. The molecule has 0 bridgehead atoms. The van der Waals surface area contributed by atoms with Crippen LogP contribution in [0.5, 0.6) is 0 Å². The average Bonchev–Trinajstić information content (AvgIpc) is 2.85. The molecule has 1 unspecified atom stereocenters. The normalized spacial score (nSPS) is 20.1. The van der Waals surface area contributed by atoms with E-state index in [4.69, 9.17) is 9.36 Å². The summed E-state index contributed by atoms with van der Waals surface area (Å²) in [4.78, 5) is 17.2. The van der Waals surface area contributed by atoms with Crippen molar-refractivity contribution in [2.24, 2.45) is 5.92 Å². The fraction of sp³-hybridized carbons (Fsp3) is 0.692. The Labute approximate surface area is 130 Å². The third kappa shape index (κ3) is 3.01. The molecule has 0 aromatic carbocycles. The maximum absolute atomic E-state index is 12.8. The Morgan fingerprint density at radius 2 is 2.14 bits per heavy atom. The van der Waals surface area contributed by atoms with Gasteiger partial charge in [-0.3, -0.25) is 9.63 Å². The van der Waals surface area contributed by atoms with Crippen molar-refractivity contribution in [3.63, 3.8) is 0 Å². The molecular formula is C13H21N3O5S. The van der Waals surface area contributed by atoms with Gasteiger partial charge in [0.25, 0.3) is 0 Å². The van der Waals surface area contributed by atoms with E-state index in [0.717, 1.165) is 5.06 Å². The van der Waals surface area contributed by atoms with Crippen LogP contribution in [-0.2, 0) is 19.7 Å². The molecule has 2 heterocycles. The highest BCUT2D eigenvalue weighted by Crippen LogP contribution is 2.28. The second-order valence-electron chi connectivity index (χ2n) is 5.37. The van der Waals surface area contributed by atoms with Gasteiger partial charge in [0.05, 0.1) is 13.0 Å². The van der Waals surface area contributed by atoms with E-state index in [9.17, 15) is 13.2 Å². The zero-order valence-corrected chi connectivity index (χ0v) is 14.0. The third-order valence-corrected chi connectivity index (χ3v) is 5.99. The number of amides is 1. The number of hydroxylamine groups is 2. The maximum atomic E-state index is 12.8. The highest BCUT2D eigenvalue weighted by atomic mass is 32.2. The number of sulfonamides is 1. The minimum atomic E-state index is -3.71. The summed E-state index contributed by atoms with van der Waals surface area (Å²) in [5, 5.41) is 4.83. The van der Waals surface area contributed by atoms with Gasteiger partial charge < -0.3 is 4.52 Å². The van der Waals surface area contributed by atoms with Crippen molar-refractivity contribution in [2.75, 3.05) is 27.2 Å². The smallest absolute Gasteiger partial charge is 0.250 e. The van der Waals surface area contributed by atoms with Gasteiger partial charge in [0, 0.05) is 20.1 Å². The van der Waals surface area contributed by atoms with Gasteiger partial charge in [-0.15, -0.1) is 0 Å². The second kappa shape index (κ2) is 6.35. The number of nitrogens with zero attached hydrogens (tertiary/aromatic N) is 3. The first-order valence-corrected chi connectivity index (χ1v) is 8.47. The molecule has 0 saturated carbocycles. The third-order valence-electron chi connectivity index (χ3n) is 3.88. The Morgan fingerprint density at radius 3 is 2.68 bits per heavy atom. The van der Waals surface area contributed by atoms with Crippen molar-refractivity contribution in [3.8, 4) is 0 Å². The number of piperidine rings is 1. The molecule has 22 heavy (non-hydrogen) atoms. The molecule has 124 valence electrons. The van der Waals surface area contributed by atoms with Gasteiger partial charge >= 0.3 is 0 Å². The summed E-state index contributed by atoms with van der Waals surface area (Å²) in [5.41, 5.74) is 0.333. The predicted octanol–water partition coefficient (Wildman–Crippen LogP) is 0.712. The van der Waals surface area contributed by atoms with Crippen LogP contribution in [0.25, 0.3) is 0 Å². The van der Waals surface area contributed by atoms with Gasteiger partial charge in [0.2, 0.25) is 15.9 Å². The van der Waals surface area contributed by atoms with E-state index in [2.05, 4.69) is 5.16 Å². The second-order valence-corrected chi connectivity index (χ2v) is 7.25. The quantitative estimate of drug-likeness (QED) is 0.755. The van der Waals surface area contributed by atoms with E-state index in [1.54, 1.807) is 13.8 Å². The van der Waals surface area contributed by atoms with E-state index in [0.29, 0.717) is 25.1 Å². The number of hydrogen-bond acceptors (Lipinski definition) is 6. The summed E-state index contributed by atoms with van der Waals surface area (Å²) >= 11 is 0. The highest BCUT2D eigenvalue weighted by Gasteiger charge is 2.37. The summed E-state index contributed by atoms with van der Waals surface area (Å²) in [5.74, 6) is -0.366. The molecule has 1 aromatic rings. The lowest BCUT2D eigenvalue weighted by atomic mass is 9.99. The fourth-order valence-electron chi connectivity index (χ4n) is 2.68. The molecule has 0 spiro atoms. The minimum Gasteiger partial charge on any atom is -0.360 e. The number of carbonyl (C=O) groups excluding carboxylic acids is 1. The molecule has 0 radical (unpaired) electrons.